The number of carbonyl (C=O) groups excluding carboxylic acids is 4. The number of hydrogen-bond acceptors (Lipinski definition) is 5. The summed E-state index contributed by atoms with van der Waals surface area (Å²) in [5.41, 5.74) is 1.05. The Balaban J connectivity index is 1.84. The maximum Gasteiger partial charge on any atom is 0.326 e. The molecule has 0 radical (unpaired) electrons. The average molecular weight is 360 g/mol. The monoisotopic (exact) mass is 360 g/mol. The molecule has 1 fully saturated rings. The number of Topliss-reactive ketones (excluding diaryl/α,β-unsaturated/α-hetero) is 1. The molecule has 1 aliphatic heterocycles. The first-order valence-electron chi connectivity index (χ1n) is 8.76. The van der Waals surface area contributed by atoms with E-state index in [9.17, 15) is 19.2 Å². The highest BCUT2D eigenvalue weighted by Gasteiger charge is 2.23. The highest BCUT2D eigenvalue weighted by atomic mass is 16.5. The molecular weight excluding hydrogens is 336 g/mol. The van der Waals surface area contributed by atoms with Crippen molar-refractivity contribution in [2.75, 3.05) is 18.4 Å². The van der Waals surface area contributed by atoms with E-state index in [-0.39, 0.29) is 18.2 Å². The smallest absolute Gasteiger partial charge is 0.326 e. The number of hydrogen-bond donors (Lipinski definition) is 1. The van der Waals surface area contributed by atoms with Crippen molar-refractivity contribution in [3.8, 4) is 0 Å². The number of ether oxygens (including phenoxy) is 1. The first-order valence-corrected chi connectivity index (χ1v) is 8.76. The van der Waals surface area contributed by atoms with Gasteiger partial charge in [-0.3, -0.25) is 19.2 Å². The molecule has 140 valence electrons. The van der Waals surface area contributed by atoms with Gasteiger partial charge in [0.2, 0.25) is 5.91 Å². The van der Waals surface area contributed by atoms with E-state index >= 15 is 0 Å². The lowest BCUT2D eigenvalue weighted by molar-refractivity contribution is -0.156. The van der Waals surface area contributed by atoms with Crippen LogP contribution in [0.15, 0.2) is 24.3 Å². The number of esters is 1. The van der Waals surface area contributed by atoms with Crippen molar-refractivity contribution >= 4 is 29.3 Å². The summed E-state index contributed by atoms with van der Waals surface area (Å²) in [7, 11) is 0. The zero-order valence-electron chi connectivity index (χ0n) is 15.1. The highest BCUT2D eigenvalue weighted by molar-refractivity contribution is 5.97. The van der Waals surface area contributed by atoms with Crippen LogP contribution in [0.4, 0.5) is 5.69 Å². The third kappa shape index (κ3) is 5.68. The minimum absolute atomic E-state index is 0.0536. The van der Waals surface area contributed by atoms with Gasteiger partial charge in [0.1, 0.15) is 6.54 Å². The Labute approximate surface area is 152 Å². The number of nitrogens with one attached hydrogen (secondary N) is 1. The molecule has 0 unspecified atom stereocenters. The van der Waals surface area contributed by atoms with Crippen LogP contribution in [0, 0.1) is 0 Å². The highest BCUT2D eigenvalue weighted by Crippen LogP contribution is 2.13. The van der Waals surface area contributed by atoms with Crippen molar-refractivity contribution in [1.82, 2.24) is 4.90 Å². The maximum absolute atomic E-state index is 12.1. The lowest BCUT2D eigenvalue weighted by Crippen LogP contribution is -2.38. The summed E-state index contributed by atoms with van der Waals surface area (Å²) >= 11 is 0. The van der Waals surface area contributed by atoms with Gasteiger partial charge in [0, 0.05) is 24.2 Å². The second-order valence-corrected chi connectivity index (χ2v) is 6.38. The molecule has 7 nitrogen and oxygen atoms in total. The van der Waals surface area contributed by atoms with Crippen LogP contribution in [-0.4, -0.2) is 47.7 Å². The molecule has 0 spiro atoms. The minimum Gasteiger partial charge on any atom is -0.451 e. The molecule has 1 atom stereocenters. The van der Waals surface area contributed by atoms with Gasteiger partial charge >= 0.3 is 5.97 Å². The fourth-order valence-corrected chi connectivity index (χ4v) is 2.68. The summed E-state index contributed by atoms with van der Waals surface area (Å²) < 4.78 is 5.14. The van der Waals surface area contributed by atoms with Crippen LogP contribution in [0.2, 0.25) is 0 Å². The van der Waals surface area contributed by atoms with Crippen molar-refractivity contribution in [3.63, 3.8) is 0 Å². The lowest BCUT2D eigenvalue weighted by Gasteiger charge is -2.20. The van der Waals surface area contributed by atoms with Crippen LogP contribution in [0.25, 0.3) is 0 Å². The maximum atomic E-state index is 12.1. The topological polar surface area (TPSA) is 92.8 Å². The van der Waals surface area contributed by atoms with Gasteiger partial charge in [-0.05, 0) is 51.0 Å². The number of benzene rings is 1. The van der Waals surface area contributed by atoms with Crippen LogP contribution in [0.3, 0.4) is 0 Å². The molecule has 0 aliphatic carbocycles. The molecule has 1 saturated heterocycles. The SMILES string of the molecule is CC(=O)c1ccc(NC(=O)[C@H](C)OC(=O)CN2CCCCCC2=O)cc1. The van der Waals surface area contributed by atoms with Crippen molar-refractivity contribution in [1.29, 1.82) is 0 Å². The van der Waals surface area contributed by atoms with E-state index in [1.807, 2.05) is 0 Å². The molecule has 1 N–H and O–H groups in total. The molecule has 26 heavy (non-hydrogen) atoms. The summed E-state index contributed by atoms with van der Waals surface area (Å²) in [5.74, 6) is -1.19. The molecule has 2 rings (SSSR count). The predicted molar refractivity (Wildman–Crippen MR) is 95.7 cm³/mol. The van der Waals surface area contributed by atoms with E-state index in [0.29, 0.717) is 24.2 Å². The fourth-order valence-electron chi connectivity index (χ4n) is 2.68. The molecule has 1 aromatic rings. The van der Waals surface area contributed by atoms with Gasteiger partial charge in [-0.2, -0.15) is 0 Å². The molecular formula is C19H24N2O5. The number of nitrogens with zero attached hydrogens (tertiary/aromatic N) is 1. The molecule has 1 aromatic carbocycles. The number of amides is 2. The van der Waals surface area contributed by atoms with E-state index < -0.39 is 18.0 Å². The zero-order chi connectivity index (χ0) is 19.1. The van der Waals surface area contributed by atoms with Gasteiger partial charge in [-0.15, -0.1) is 0 Å². The predicted octanol–water partition coefficient (Wildman–Crippen LogP) is 2.16. The molecule has 1 aliphatic rings. The van der Waals surface area contributed by atoms with Crippen LogP contribution in [0.1, 0.15) is 49.9 Å². The summed E-state index contributed by atoms with van der Waals surface area (Å²) in [6.07, 6.45) is 2.13. The van der Waals surface area contributed by atoms with Gasteiger partial charge in [0.25, 0.3) is 5.91 Å². The van der Waals surface area contributed by atoms with Gasteiger partial charge in [-0.25, -0.2) is 0 Å². The van der Waals surface area contributed by atoms with E-state index in [4.69, 9.17) is 4.74 Å². The van der Waals surface area contributed by atoms with Crippen LogP contribution in [-0.2, 0) is 19.1 Å². The van der Waals surface area contributed by atoms with Crippen LogP contribution >= 0.6 is 0 Å². The Kier molecular flexibility index (Phi) is 6.89. The van der Waals surface area contributed by atoms with Crippen molar-refractivity contribution < 1.29 is 23.9 Å². The van der Waals surface area contributed by atoms with Gasteiger partial charge in [-0.1, -0.05) is 6.42 Å². The van der Waals surface area contributed by atoms with Crippen LogP contribution < -0.4 is 5.32 Å². The Morgan fingerprint density at radius 3 is 2.50 bits per heavy atom. The Morgan fingerprint density at radius 1 is 1.15 bits per heavy atom. The van der Waals surface area contributed by atoms with Crippen molar-refractivity contribution in [2.45, 2.75) is 45.6 Å². The van der Waals surface area contributed by atoms with Gasteiger partial charge in [0.15, 0.2) is 11.9 Å². The molecule has 0 saturated carbocycles. The number of anilines is 1. The van der Waals surface area contributed by atoms with E-state index in [0.717, 1.165) is 19.3 Å². The standard InChI is InChI=1S/C19H24N2O5/c1-13(22)15-7-9-16(10-8-15)20-19(25)14(2)26-18(24)12-21-11-5-3-4-6-17(21)23/h7-10,14H,3-6,11-12H2,1-2H3,(H,20,25)/t14-/m0/s1. The number of carbonyl (C=O) groups is 4. The minimum atomic E-state index is -0.989. The quantitative estimate of drug-likeness (QED) is 0.620. The fraction of sp³-hybridized carbons (Fsp3) is 0.474. The summed E-state index contributed by atoms with van der Waals surface area (Å²) in [6.45, 7) is 3.34. The third-order valence-corrected chi connectivity index (χ3v) is 4.23. The lowest BCUT2D eigenvalue weighted by atomic mass is 10.1. The van der Waals surface area contributed by atoms with Crippen molar-refractivity contribution in [3.05, 3.63) is 29.8 Å². The van der Waals surface area contributed by atoms with E-state index in [1.165, 1.54) is 18.7 Å². The second kappa shape index (κ2) is 9.12. The number of likely N-dealkylation sites (tertiary alicyclic amines) is 1. The van der Waals surface area contributed by atoms with Gasteiger partial charge < -0.3 is 15.0 Å². The Hall–Kier alpha value is -2.70. The van der Waals surface area contributed by atoms with Crippen LogP contribution in [0.5, 0.6) is 0 Å². The second-order valence-electron chi connectivity index (χ2n) is 6.38. The normalized spacial score (nSPS) is 15.8. The first-order chi connectivity index (χ1) is 12.4. The average Bonchev–Trinajstić information content (AvgIpc) is 2.79. The van der Waals surface area contributed by atoms with Gasteiger partial charge in [0.05, 0.1) is 0 Å². The summed E-state index contributed by atoms with van der Waals surface area (Å²) in [6, 6.07) is 6.44. The summed E-state index contributed by atoms with van der Waals surface area (Å²) in [4.78, 5) is 48.8. The Morgan fingerprint density at radius 2 is 1.85 bits per heavy atom. The zero-order valence-corrected chi connectivity index (χ0v) is 15.1. The van der Waals surface area contributed by atoms with Crippen molar-refractivity contribution in [2.24, 2.45) is 0 Å². The molecule has 0 bridgehead atoms. The molecule has 1 heterocycles. The number of rotatable bonds is 6. The largest absolute Gasteiger partial charge is 0.451 e. The third-order valence-electron chi connectivity index (χ3n) is 4.23. The Bertz CT molecular complexity index is 684. The number of ketones is 1. The summed E-state index contributed by atoms with van der Waals surface area (Å²) in [5, 5.41) is 2.63. The van der Waals surface area contributed by atoms with E-state index in [2.05, 4.69) is 5.32 Å². The van der Waals surface area contributed by atoms with E-state index in [1.54, 1.807) is 24.3 Å². The molecule has 2 amide bonds. The first kappa shape index (κ1) is 19.6. The molecule has 0 aromatic heterocycles. The molecule has 7 heteroatoms.